The molecule has 0 aromatic heterocycles. The molecular formula is C79H154O17P2. The van der Waals surface area contributed by atoms with Crippen LogP contribution in [-0.4, -0.2) is 96.7 Å². The van der Waals surface area contributed by atoms with E-state index in [0.29, 0.717) is 25.7 Å². The lowest BCUT2D eigenvalue weighted by molar-refractivity contribution is -0.161. The van der Waals surface area contributed by atoms with Crippen LogP contribution >= 0.6 is 15.6 Å². The highest BCUT2D eigenvalue weighted by atomic mass is 31.2. The number of carbonyl (C=O) groups is 4. The normalized spacial score (nSPS) is 13.9. The van der Waals surface area contributed by atoms with Gasteiger partial charge in [0.2, 0.25) is 0 Å². The summed E-state index contributed by atoms with van der Waals surface area (Å²) in [5, 5.41) is 10.6. The molecule has 0 radical (unpaired) electrons. The molecule has 0 aromatic rings. The standard InChI is InChI=1S/C79H154O17P2/c1-6-9-12-15-18-21-23-25-27-29-31-33-35-37-43-48-53-58-63-77(82)90-69-75(95-78(83)64-59-54-49-44-38-36-34-32-30-28-26-24-22-19-16-13-10-7-2)71-94-98(87,88)92-67-73(80)66-91-97(85,86)93-70-74(68-89-76(81)62-57-52-47-41-20-17-14-11-8-3)96-79(84)65-60-55-50-45-40-39-42-46-51-56-61-72(4)5/h72-75,80H,6-71H2,1-5H3,(H,85,86)(H,87,88)/t73-,74+,75+/m0/s1. The molecule has 0 heterocycles. The fourth-order valence-electron chi connectivity index (χ4n) is 12.2. The molecule has 0 saturated heterocycles. The minimum atomic E-state index is -4.96. The summed E-state index contributed by atoms with van der Waals surface area (Å²) in [4.78, 5) is 72.9. The zero-order chi connectivity index (χ0) is 71.9. The maximum Gasteiger partial charge on any atom is 0.472 e. The first-order valence-electron chi connectivity index (χ1n) is 41.1. The Morgan fingerprint density at radius 2 is 0.469 bits per heavy atom. The van der Waals surface area contributed by atoms with E-state index in [1.807, 2.05) is 0 Å². The minimum absolute atomic E-state index is 0.106. The highest BCUT2D eigenvalue weighted by Crippen LogP contribution is 2.45. The van der Waals surface area contributed by atoms with Crippen LogP contribution in [0.15, 0.2) is 0 Å². The van der Waals surface area contributed by atoms with Crippen LogP contribution in [0.2, 0.25) is 0 Å². The number of ether oxygens (including phenoxy) is 4. The van der Waals surface area contributed by atoms with Crippen LogP contribution in [0.4, 0.5) is 0 Å². The van der Waals surface area contributed by atoms with Gasteiger partial charge in [0.15, 0.2) is 12.2 Å². The molecular weight excluding hydrogens is 1280 g/mol. The van der Waals surface area contributed by atoms with E-state index in [9.17, 15) is 43.2 Å². The molecule has 5 atom stereocenters. The first kappa shape index (κ1) is 96.1. The lowest BCUT2D eigenvalue weighted by Gasteiger charge is -2.21. The van der Waals surface area contributed by atoms with Gasteiger partial charge in [-0.05, 0) is 31.6 Å². The fraction of sp³-hybridized carbons (Fsp3) is 0.949. The number of aliphatic hydroxyl groups is 1. The van der Waals surface area contributed by atoms with Gasteiger partial charge < -0.3 is 33.8 Å². The quantitative estimate of drug-likeness (QED) is 0.0222. The predicted molar refractivity (Wildman–Crippen MR) is 400 cm³/mol. The average molecular weight is 1440 g/mol. The summed E-state index contributed by atoms with van der Waals surface area (Å²) in [6.07, 6.45) is 62.5. The van der Waals surface area contributed by atoms with E-state index in [2.05, 4.69) is 34.6 Å². The van der Waals surface area contributed by atoms with Crippen molar-refractivity contribution in [1.82, 2.24) is 0 Å². The molecule has 0 bridgehead atoms. The molecule has 0 spiro atoms. The van der Waals surface area contributed by atoms with Gasteiger partial charge in [0, 0.05) is 25.7 Å². The number of hydrogen-bond acceptors (Lipinski definition) is 15. The highest BCUT2D eigenvalue weighted by molar-refractivity contribution is 7.47. The van der Waals surface area contributed by atoms with Crippen LogP contribution in [0.5, 0.6) is 0 Å². The molecule has 582 valence electrons. The maximum atomic E-state index is 13.1. The smallest absolute Gasteiger partial charge is 0.462 e. The van der Waals surface area contributed by atoms with E-state index in [1.165, 1.54) is 244 Å². The summed E-state index contributed by atoms with van der Waals surface area (Å²) in [7, 11) is -9.91. The molecule has 3 N–H and O–H groups in total. The molecule has 0 aromatic carbocycles. The molecule has 0 amide bonds. The zero-order valence-electron chi connectivity index (χ0n) is 63.9. The summed E-state index contributed by atoms with van der Waals surface area (Å²) in [5.41, 5.74) is 0. The molecule has 0 fully saturated rings. The number of phosphoric acid groups is 2. The van der Waals surface area contributed by atoms with Gasteiger partial charge in [0.25, 0.3) is 0 Å². The lowest BCUT2D eigenvalue weighted by atomic mass is 10.0. The van der Waals surface area contributed by atoms with Crippen molar-refractivity contribution in [3.05, 3.63) is 0 Å². The monoisotopic (exact) mass is 1440 g/mol. The fourth-order valence-corrected chi connectivity index (χ4v) is 13.8. The van der Waals surface area contributed by atoms with Gasteiger partial charge in [-0.25, -0.2) is 9.13 Å². The van der Waals surface area contributed by atoms with Crippen LogP contribution < -0.4 is 0 Å². The summed E-state index contributed by atoms with van der Waals surface area (Å²) in [6.45, 7) is 7.29. The van der Waals surface area contributed by atoms with E-state index in [1.54, 1.807) is 0 Å². The van der Waals surface area contributed by atoms with Crippen molar-refractivity contribution in [2.24, 2.45) is 5.92 Å². The number of phosphoric ester groups is 2. The van der Waals surface area contributed by atoms with Crippen LogP contribution in [0.1, 0.15) is 420 Å². The molecule has 19 heteroatoms. The van der Waals surface area contributed by atoms with Crippen molar-refractivity contribution >= 4 is 39.5 Å². The third-order valence-corrected chi connectivity index (χ3v) is 20.4. The second-order valence-corrected chi connectivity index (χ2v) is 31.8. The summed E-state index contributed by atoms with van der Waals surface area (Å²) in [5.74, 6) is -1.36. The topological polar surface area (TPSA) is 237 Å². The highest BCUT2D eigenvalue weighted by Gasteiger charge is 2.30. The molecule has 0 aliphatic rings. The van der Waals surface area contributed by atoms with Crippen molar-refractivity contribution in [2.45, 2.75) is 438 Å². The van der Waals surface area contributed by atoms with Crippen molar-refractivity contribution in [1.29, 1.82) is 0 Å². The van der Waals surface area contributed by atoms with Crippen molar-refractivity contribution < 1.29 is 80.2 Å². The van der Waals surface area contributed by atoms with Crippen molar-refractivity contribution in [3.8, 4) is 0 Å². The van der Waals surface area contributed by atoms with Gasteiger partial charge >= 0.3 is 39.5 Å². The average Bonchev–Trinajstić information content (AvgIpc) is 1.01. The van der Waals surface area contributed by atoms with E-state index >= 15 is 0 Å². The Hall–Kier alpha value is -1.94. The lowest BCUT2D eigenvalue weighted by Crippen LogP contribution is -2.30. The number of aliphatic hydroxyl groups excluding tert-OH is 1. The van der Waals surface area contributed by atoms with Gasteiger partial charge in [0.05, 0.1) is 26.4 Å². The third kappa shape index (κ3) is 72.4. The maximum absolute atomic E-state index is 13.1. The van der Waals surface area contributed by atoms with Crippen LogP contribution in [0, 0.1) is 5.92 Å². The first-order chi connectivity index (χ1) is 47.5. The molecule has 0 aliphatic carbocycles. The minimum Gasteiger partial charge on any atom is -0.462 e. The Labute approximate surface area is 600 Å². The largest absolute Gasteiger partial charge is 0.472 e. The van der Waals surface area contributed by atoms with E-state index in [0.717, 1.165) is 95.8 Å². The molecule has 0 saturated carbocycles. The number of carbonyl (C=O) groups excluding carboxylic acids is 4. The number of rotatable bonds is 79. The van der Waals surface area contributed by atoms with Gasteiger partial charge in [0.1, 0.15) is 19.3 Å². The van der Waals surface area contributed by atoms with Crippen molar-refractivity contribution in [3.63, 3.8) is 0 Å². The number of hydrogen-bond donors (Lipinski definition) is 3. The van der Waals surface area contributed by atoms with E-state index < -0.39 is 97.5 Å². The van der Waals surface area contributed by atoms with Gasteiger partial charge in [-0.1, -0.05) is 369 Å². The van der Waals surface area contributed by atoms with Gasteiger partial charge in [-0.3, -0.25) is 37.3 Å². The van der Waals surface area contributed by atoms with E-state index in [4.69, 9.17) is 37.0 Å². The summed E-state index contributed by atoms with van der Waals surface area (Å²) >= 11 is 0. The molecule has 0 rings (SSSR count). The molecule has 2 unspecified atom stereocenters. The van der Waals surface area contributed by atoms with Crippen LogP contribution in [-0.2, 0) is 65.4 Å². The Morgan fingerprint density at radius 3 is 0.694 bits per heavy atom. The Balaban J connectivity index is 5.22. The third-order valence-electron chi connectivity index (χ3n) is 18.5. The van der Waals surface area contributed by atoms with Gasteiger partial charge in [-0.15, -0.1) is 0 Å². The number of unbranched alkanes of at least 4 members (excludes halogenated alkanes) is 51. The zero-order valence-corrected chi connectivity index (χ0v) is 65.7. The Bertz CT molecular complexity index is 1870. The summed E-state index contributed by atoms with van der Waals surface area (Å²) in [6, 6.07) is 0. The molecule has 98 heavy (non-hydrogen) atoms. The van der Waals surface area contributed by atoms with Crippen LogP contribution in [0.25, 0.3) is 0 Å². The first-order valence-corrected chi connectivity index (χ1v) is 44.1. The van der Waals surface area contributed by atoms with E-state index in [-0.39, 0.29) is 25.7 Å². The predicted octanol–water partition coefficient (Wildman–Crippen LogP) is 23.6. The SMILES string of the molecule is CCCCCCCCCCCCCCCCCCCCC(=O)OC[C@H](COP(=O)(O)OC[C@@H](O)COP(=O)(O)OC[C@@H](COC(=O)CCCCCCCCCCC)OC(=O)CCCCCCCCCCCCC(C)C)OC(=O)CCCCCCCCCCCCCCCCCCCC. The Morgan fingerprint density at radius 1 is 0.276 bits per heavy atom. The Kier molecular flexibility index (Phi) is 70.6. The van der Waals surface area contributed by atoms with Gasteiger partial charge in [-0.2, -0.15) is 0 Å². The number of esters is 4. The van der Waals surface area contributed by atoms with Crippen LogP contribution in [0.3, 0.4) is 0 Å². The molecule has 17 nitrogen and oxygen atoms in total. The second-order valence-electron chi connectivity index (χ2n) is 28.9. The molecule has 0 aliphatic heterocycles. The second kappa shape index (κ2) is 72.0. The van der Waals surface area contributed by atoms with Crippen molar-refractivity contribution in [2.75, 3.05) is 39.6 Å². The summed E-state index contributed by atoms with van der Waals surface area (Å²) < 4.78 is 68.6.